The van der Waals surface area contributed by atoms with E-state index in [4.69, 9.17) is 11.6 Å². The molecule has 1 aliphatic heterocycles. The first kappa shape index (κ1) is 19.9. The van der Waals surface area contributed by atoms with E-state index in [1.54, 1.807) is 17.0 Å². The van der Waals surface area contributed by atoms with E-state index in [1.165, 1.54) is 11.3 Å². The van der Waals surface area contributed by atoms with Gasteiger partial charge in [-0.2, -0.15) is 0 Å². The van der Waals surface area contributed by atoms with Crippen LogP contribution in [0.4, 0.5) is 0 Å². The zero-order valence-electron chi connectivity index (χ0n) is 14.6. The number of nitrogens with one attached hydrogen (secondary N) is 1. The molecule has 25 heavy (non-hydrogen) atoms. The number of piperazine rings is 1. The number of thiophene rings is 1. The van der Waals surface area contributed by atoms with Crippen LogP contribution in [0.3, 0.4) is 0 Å². The second kappa shape index (κ2) is 9.31. The molecule has 1 aromatic heterocycles. The van der Waals surface area contributed by atoms with Gasteiger partial charge in [0.25, 0.3) is 0 Å². The van der Waals surface area contributed by atoms with Crippen LogP contribution in [0.5, 0.6) is 0 Å². The third-order valence-electron chi connectivity index (χ3n) is 3.96. The molecule has 1 saturated heterocycles. The highest BCUT2D eigenvalue weighted by molar-refractivity contribution is 7.18. The predicted octanol–water partition coefficient (Wildman–Crippen LogP) is 2.03. The van der Waals surface area contributed by atoms with Crippen LogP contribution in [0, 0.1) is 0 Å². The molecule has 0 aliphatic carbocycles. The molecule has 0 atom stereocenters. The SMILES string of the molecule is CC(C)NC(=O)CN1CCN(C(=O)CCC(=O)c2ccc(Cl)s2)CC1. The second-order valence-corrected chi connectivity index (χ2v) is 8.12. The number of carbonyl (C=O) groups is 3. The van der Waals surface area contributed by atoms with Gasteiger partial charge in [0.1, 0.15) is 0 Å². The Morgan fingerprint density at radius 2 is 1.84 bits per heavy atom. The van der Waals surface area contributed by atoms with E-state index in [0.717, 1.165) is 0 Å². The maximum Gasteiger partial charge on any atom is 0.234 e. The fraction of sp³-hybridized carbons (Fsp3) is 0.588. The van der Waals surface area contributed by atoms with E-state index in [2.05, 4.69) is 5.32 Å². The Kier molecular flexibility index (Phi) is 7.40. The summed E-state index contributed by atoms with van der Waals surface area (Å²) in [6.45, 7) is 6.74. The molecule has 0 unspecified atom stereocenters. The lowest BCUT2D eigenvalue weighted by Gasteiger charge is -2.34. The Morgan fingerprint density at radius 3 is 2.40 bits per heavy atom. The van der Waals surface area contributed by atoms with Crippen molar-refractivity contribution >= 4 is 40.5 Å². The Bertz CT molecular complexity index is 624. The highest BCUT2D eigenvalue weighted by Crippen LogP contribution is 2.23. The van der Waals surface area contributed by atoms with Gasteiger partial charge >= 0.3 is 0 Å². The number of halogens is 1. The van der Waals surface area contributed by atoms with Crippen molar-refractivity contribution in [2.45, 2.75) is 32.7 Å². The average Bonchev–Trinajstić information content (AvgIpc) is 2.98. The van der Waals surface area contributed by atoms with E-state index in [-0.39, 0.29) is 36.5 Å². The summed E-state index contributed by atoms with van der Waals surface area (Å²) in [5.74, 6) is -0.0495. The van der Waals surface area contributed by atoms with Crippen LogP contribution in [-0.4, -0.2) is 66.2 Å². The number of ketones is 1. The molecule has 1 N–H and O–H groups in total. The predicted molar refractivity (Wildman–Crippen MR) is 99.2 cm³/mol. The van der Waals surface area contributed by atoms with Gasteiger partial charge in [-0.15, -0.1) is 11.3 Å². The van der Waals surface area contributed by atoms with Crippen molar-refractivity contribution in [1.29, 1.82) is 0 Å². The van der Waals surface area contributed by atoms with Gasteiger partial charge in [-0.05, 0) is 26.0 Å². The molecule has 1 aromatic rings. The molecule has 0 saturated carbocycles. The van der Waals surface area contributed by atoms with Gasteiger partial charge in [0.05, 0.1) is 15.8 Å². The monoisotopic (exact) mass is 385 g/mol. The maximum absolute atomic E-state index is 12.3. The molecule has 0 bridgehead atoms. The average molecular weight is 386 g/mol. The Hall–Kier alpha value is -1.44. The molecule has 8 heteroatoms. The van der Waals surface area contributed by atoms with E-state index >= 15 is 0 Å². The summed E-state index contributed by atoms with van der Waals surface area (Å²) >= 11 is 7.06. The van der Waals surface area contributed by atoms with Crippen molar-refractivity contribution in [2.75, 3.05) is 32.7 Å². The van der Waals surface area contributed by atoms with Crippen molar-refractivity contribution in [3.8, 4) is 0 Å². The van der Waals surface area contributed by atoms with Gasteiger partial charge in [0, 0.05) is 45.1 Å². The first-order chi connectivity index (χ1) is 11.8. The summed E-state index contributed by atoms with van der Waals surface area (Å²) in [5.41, 5.74) is 0. The Balaban J connectivity index is 1.70. The molecule has 0 radical (unpaired) electrons. The zero-order chi connectivity index (χ0) is 18.4. The third kappa shape index (κ3) is 6.41. The van der Waals surface area contributed by atoms with E-state index in [1.807, 2.05) is 18.7 Å². The normalized spacial score (nSPS) is 15.4. The molecule has 1 aliphatic rings. The fourth-order valence-corrected chi connectivity index (χ4v) is 3.70. The van der Waals surface area contributed by atoms with Crippen molar-refractivity contribution in [2.24, 2.45) is 0 Å². The summed E-state index contributed by atoms with van der Waals surface area (Å²) < 4.78 is 0.576. The molecule has 6 nitrogen and oxygen atoms in total. The van der Waals surface area contributed by atoms with Crippen molar-refractivity contribution < 1.29 is 14.4 Å². The molecular weight excluding hydrogens is 362 g/mol. The Morgan fingerprint density at radius 1 is 1.16 bits per heavy atom. The smallest absolute Gasteiger partial charge is 0.234 e. The lowest BCUT2D eigenvalue weighted by molar-refractivity contribution is -0.133. The van der Waals surface area contributed by atoms with Crippen LogP contribution in [0.25, 0.3) is 0 Å². The van der Waals surface area contributed by atoms with Crippen LogP contribution in [-0.2, 0) is 9.59 Å². The topological polar surface area (TPSA) is 69.7 Å². The number of rotatable bonds is 7. The Labute approximate surface area is 157 Å². The molecule has 0 spiro atoms. The van der Waals surface area contributed by atoms with Crippen LogP contribution in [0.2, 0.25) is 4.34 Å². The first-order valence-electron chi connectivity index (χ1n) is 8.43. The standard InChI is InChI=1S/C17H24ClN3O3S/c1-12(2)19-16(23)11-20-7-9-21(10-8-20)17(24)6-3-13(22)14-4-5-15(18)25-14/h4-5,12H,3,6-11H2,1-2H3,(H,19,23). The molecule has 138 valence electrons. The van der Waals surface area contributed by atoms with E-state index in [0.29, 0.717) is 41.9 Å². The highest BCUT2D eigenvalue weighted by atomic mass is 35.5. The molecule has 2 rings (SSSR count). The van der Waals surface area contributed by atoms with Crippen molar-refractivity contribution in [3.63, 3.8) is 0 Å². The van der Waals surface area contributed by atoms with E-state index < -0.39 is 0 Å². The van der Waals surface area contributed by atoms with Crippen LogP contribution >= 0.6 is 22.9 Å². The lowest BCUT2D eigenvalue weighted by atomic mass is 10.1. The minimum atomic E-state index is -0.0470. The maximum atomic E-state index is 12.3. The van der Waals surface area contributed by atoms with Crippen LogP contribution in [0.15, 0.2) is 12.1 Å². The fourth-order valence-electron chi connectivity index (χ4n) is 2.69. The van der Waals surface area contributed by atoms with Gasteiger partial charge < -0.3 is 10.2 Å². The summed E-state index contributed by atoms with van der Waals surface area (Å²) in [6.07, 6.45) is 0.412. The molecule has 1 fully saturated rings. The number of hydrogen-bond acceptors (Lipinski definition) is 5. The van der Waals surface area contributed by atoms with Crippen LogP contribution in [0.1, 0.15) is 36.4 Å². The van der Waals surface area contributed by atoms with Crippen molar-refractivity contribution in [1.82, 2.24) is 15.1 Å². The summed E-state index contributed by atoms with van der Waals surface area (Å²) in [6, 6.07) is 3.52. The summed E-state index contributed by atoms with van der Waals surface area (Å²) in [5, 5.41) is 2.87. The van der Waals surface area contributed by atoms with Gasteiger partial charge in [-0.3, -0.25) is 19.3 Å². The summed E-state index contributed by atoms with van der Waals surface area (Å²) in [4.78, 5) is 40.5. The second-order valence-electron chi connectivity index (χ2n) is 6.41. The van der Waals surface area contributed by atoms with E-state index in [9.17, 15) is 14.4 Å². The number of nitrogens with zero attached hydrogens (tertiary/aromatic N) is 2. The van der Waals surface area contributed by atoms with Crippen molar-refractivity contribution in [3.05, 3.63) is 21.3 Å². The number of hydrogen-bond donors (Lipinski definition) is 1. The van der Waals surface area contributed by atoms with Gasteiger partial charge in [0.2, 0.25) is 11.8 Å². The number of amides is 2. The molecule has 2 heterocycles. The highest BCUT2D eigenvalue weighted by Gasteiger charge is 2.23. The summed E-state index contributed by atoms with van der Waals surface area (Å²) in [7, 11) is 0. The van der Waals surface area contributed by atoms with Gasteiger partial charge in [-0.25, -0.2) is 0 Å². The minimum absolute atomic E-state index is 0.00924. The van der Waals surface area contributed by atoms with Gasteiger partial charge in [-0.1, -0.05) is 11.6 Å². The first-order valence-corrected chi connectivity index (χ1v) is 9.62. The molecule has 2 amide bonds. The third-order valence-corrected chi connectivity index (χ3v) is 5.23. The quantitative estimate of drug-likeness (QED) is 0.729. The largest absolute Gasteiger partial charge is 0.353 e. The van der Waals surface area contributed by atoms with Gasteiger partial charge in [0.15, 0.2) is 5.78 Å². The molecule has 0 aromatic carbocycles. The lowest BCUT2D eigenvalue weighted by Crippen LogP contribution is -2.51. The number of carbonyl (C=O) groups excluding carboxylic acids is 3. The number of Topliss-reactive ketones (excluding diaryl/α,β-unsaturated/α-hetero) is 1. The van der Waals surface area contributed by atoms with Crippen LogP contribution < -0.4 is 5.32 Å². The molecular formula is C17H24ClN3O3S. The zero-order valence-corrected chi connectivity index (χ0v) is 16.2. The minimum Gasteiger partial charge on any atom is -0.353 e.